The van der Waals surface area contributed by atoms with Gasteiger partial charge in [-0.15, -0.1) is 0 Å². The number of Topliss-reactive ketones (excluding diaryl/α,β-unsaturated/α-hetero) is 1. The second-order valence-electron chi connectivity index (χ2n) is 6.51. The monoisotopic (exact) mass is 361 g/mol. The minimum Gasteiger partial charge on any atom is -0.312 e. The zero-order chi connectivity index (χ0) is 18.8. The average Bonchev–Trinajstić information content (AvgIpc) is 3.37. The molecule has 0 bridgehead atoms. The van der Waals surface area contributed by atoms with E-state index in [4.69, 9.17) is 0 Å². The van der Waals surface area contributed by atoms with Crippen molar-refractivity contribution in [2.45, 2.75) is 26.2 Å². The third kappa shape index (κ3) is 3.44. The van der Waals surface area contributed by atoms with Crippen molar-refractivity contribution in [1.82, 2.24) is 19.8 Å². The van der Waals surface area contributed by atoms with Crippen LogP contribution in [0.15, 0.2) is 42.7 Å². The Kier molecular flexibility index (Phi) is 4.42. The molecule has 4 aromatic rings. The van der Waals surface area contributed by atoms with Gasteiger partial charge in [0.1, 0.15) is 0 Å². The summed E-state index contributed by atoms with van der Waals surface area (Å²) in [7, 11) is 0. The van der Waals surface area contributed by atoms with Crippen LogP contribution in [0.2, 0.25) is 0 Å². The molecule has 0 unspecified atom stereocenters. The molecule has 7 nitrogen and oxygen atoms in total. The Balaban J connectivity index is 0.000000547. The van der Waals surface area contributed by atoms with Crippen molar-refractivity contribution in [2.24, 2.45) is 0 Å². The second kappa shape index (κ2) is 7.03. The fraction of sp³-hybridized carbons (Fsp3) is 0.200. The van der Waals surface area contributed by atoms with E-state index in [9.17, 15) is 9.59 Å². The normalized spacial score (nSPS) is 12.5. The Labute approximate surface area is 155 Å². The number of aromatic nitrogens is 4. The van der Waals surface area contributed by atoms with E-state index in [2.05, 4.69) is 20.6 Å². The van der Waals surface area contributed by atoms with Crippen LogP contribution in [-0.2, 0) is 4.79 Å². The molecular weight excluding hydrogens is 342 g/mol. The smallest absolute Gasteiger partial charge is 0.212 e. The molecule has 136 valence electrons. The van der Waals surface area contributed by atoms with Gasteiger partial charge in [-0.25, -0.2) is 4.52 Å². The molecule has 1 saturated carbocycles. The van der Waals surface area contributed by atoms with Crippen LogP contribution in [0.25, 0.3) is 27.5 Å². The van der Waals surface area contributed by atoms with Gasteiger partial charge in [-0.3, -0.25) is 14.7 Å². The number of carbonyl (C=O) groups excluding carboxylic acids is 2. The summed E-state index contributed by atoms with van der Waals surface area (Å²) in [5.74, 6) is 0.459. The molecule has 0 radical (unpaired) electrons. The molecule has 1 fully saturated rings. The van der Waals surface area contributed by atoms with Crippen LogP contribution in [0.4, 0.5) is 5.82 Å². The van der Waals surface area contributed by atoms with Gasteiger partial charge < -0.3 is 5.32 Å². The van der Waals surface area contributed by atoms with E-state index < -0.39 is 0 Å². The fourth-order valence-corrected chi connectivity index (χ4v) is 2.90. The molecule has 1 aliphatic carbocycles. The van der Waals surface area contributed by atoms with E-state index in [1.54, 1.807) is 36.0 Å². The lowest BCUT2D eigenvalue weighted by molar-refractivity contribution is -0.105. The predicted octanol–water partition coefficient (Wildman–Crippen LogP) is 3.82. The fourth-order valence-electron chi connectivity index (χ4n) is 2.90. The third-order valence-electron chi connectivity index (χ3n) is 4.32. The van der Waals surface area contributed by atoms with Crippen LogP contribution >= 0.6 is 0 Å². The lowest BCUT2D eigenvalue weighted by Gasteiger charge is -2.09. The van der Waals surface area contributed by atoms with Gasteiger partial charge in [0.05, 0.1) is 17.2 Å². The van der Waals surface area contributed by atoms with Gasteiger partial charge in [0.25, 0.3) is 0 Å². The van der Waals surface area contributed by atoms with Crippen molar-refractivity contribution in [2.75, 3.05) is 5.32 Å². The number of ketones is 1. The Morgan fingerprint density at radius 1 is 1.22 bits per heavy atom. The summed E-state index contributed by atoms with van der Waals surface area (Å²) in [6.07, 6.45) is 8.60. The summed E-state index contributed by atoms with van der Waals surface area (Å²) in [5.41, 5.74) is 4.04. The summed E-state index contributed by atoms with van der Waals surface area (Å²) in [6, 6.07) is 9.24. The number of amides is 1. The quantitative estimate of drug-likeness (QED) is 0.427. The van der Waals surface area contributed by atoms with Gasteiger partial charge in [-0.2, -0.15) is 10.2 Å². The lowest BCUT2D eigenvalue weighted by Crippen LogP contribution is -1.97. The molecule has 1 amide bonds. The van der Waals surface area contributed by atoms with Crippen molar-refractivity contribution in [3.8, 4) is 11.1 Å². The molecule has 0 saturated heterocycles. The SMILES string of the molecule is C1CC1.CC(=O)c1ccc2[nH]ncc2c1-c1ccn2nc(NC=O)cc2c1. The molecule has 7 heteroatoms. The van der Waals surface area contributed by atoms with Gasteiger partial charge in [0.15, 0.2) is 11.6 Å². The van der Waals surface area contributed by atoms with E-state index in [-0.39, 0.29) is 5.78 Å². The molecule has 0 atom stereocenters. The summed E-state index contributed by atoms with van der Waals surface area (Å²) >= 11 is 0. The van der Waals surface area contributed by atoms with Crippen LogP contribution in [-0.4, -0.2) is 32.0 Å². The topological polar surface area (TPSA) is 92.2 Å². The summed E-state index contributed by atoms with van der Waals surface area (Å²) in [6.45, 7) is 1.55. The van der Waals surface area contributed by atoms with Crippen LogP contribution in [0.3, 0.4) is 0 Å². The summed E-state index contributed by atoms with van der Waals surface area (Å²) in [4.78, 5) is 22.6. The van der Waals surface area contributed by atoms with E-state index in [1.165, 1.54) is 19.3 Å². The molecule has 0 aliphatic heterocycles. The molecule has 0 spiro atoms. The second-order valence-corrected chi connectivity index (χ2v) is 6.51. The van der Waals surface area contributed by atoms with Gasteiger partial charge >= 0.3 is 0 Å². The first-order valence-corrected chi connectivity index (χ1v) is 8.84. The number of carbonyl (C=O) groups is 2. The van der Waals surface area contributed by atoms with Crippen LogP contribution in [0.5, 0.6) is 0 Å². The van der Waals surface area contributed by atoms with Gasteiger partial charge in [0.2, 0.25) is 6.41 Å². The van der Waals surface area contributed by atoms with Crippen molar-refractivity contribution >= 4 is 34.4 Å². The standard InChI is InChI=1S/C17H13N5O2.C3H6/c1-10(24)13-2-3-15-14(8-19-20-15)17(13)11-4-5-22-12(6-11)7-16(21-22)18-9-23;1-2-3-1/h2-9H,1H3,(H,19,20)(H,18,21,23);1-3H2. The number of rotatable bonds is 4. The van der Waals surface area contributed by atoms with Crippen molar-refractivity contribution in [3.05, 3.63) is 48.3 Å². The van der Waals surface area contributed by atoms with Crippen LogP contribution in [0.1, 0.15) is 36.5 Å². The molecule has 1 aromatic carbocycles. The minimum atomic E-state index is -0.00945. The highest BCUT2D eigenvalue weighted by Crippen LogP contribution is 2.32. The van der Waals surface area contributed by atoms with Crippen molar-refractivity contribution in [1.29, 1.82) is 0 Å². The maximum atomic E-state index is 12.1. The third-order valence-corrected chi connectivity index (χ3v) is 4.32. The highest BCUT2D eigenvalue weighted by Gasteiger charge is 2.15. The zero-order valence-corrected chi connectivity index (χ0v) is 14.9. The number of hydrogen-bond donors (Lipinski definition) is 2. The molecule has 5 rings (SSSR count). The Hall–Kier alpha value is -3.48. The first-order valence-electron chi connectivity index (χ1n) is 8.84. The number of aromatic amines is 1. The lowest BCUT2D eigenvalue weighted by atomic mass is 9.94. The number of fused-ring (bicyclic) bond motifs is 2. The number of hydrogen-bond acceptors (Lipinski definition) is 4. The number of nitrogens with one attached hydrogen (secondary N) is 2. The maximum absolute atomic E-state index is 12.1. The van der Waals surface area contributed by atoms with E-state index in [1.807, 2.05) is 18.2 Å². The van der Waals surface area contributed by atoms with E-state index in [0.29, 0.717) is 17.8 Å². The maximum Gasteiger partial charge on any atom is 0.212 e. The number of H-pyrrole nitrogens is 1. The average molecular weight is 361 g/mol. The first kappa shape index (κ1) is 17.0. The summed E-state index contributed by atoms with van der Waals surface area (Å²) in [5, 5.41) is 14.7. The van der Waals surface area contributed by atoms with E-state index in [0.717, 1.165) is 27.5 Å². The Bertz CT molecular complexity index is 1140. The number of nitrogens with zero attached hydrogens (tertiary/aromatic N) is 3. The van der Waals surface area contributed by atoms with Gasteiger partial charge in [-0.1, -0.05) is 19.3 Å². The minimum absolute atomic E-state index is 0.00945. The Morgan fingerprint density at radius 3 is 2.74 bits per heavy atom. The highest BCUT2D eigenvalue weighted by atomic mass is 16.1. The Morgan fingerprint density at radius 2 is 2.04 bits per heavy atom. The van der Waals surface area contributed by atoms with Crippen molar-refractivity contribution < 1.29 is 9.59 Å². The molecule has 27 heavy (non-hydrogen) atoms. The predicted molar refractivity (Wildman–Crippen MR) is 104 cm³/mol. The number of anilines is 1. The largest absolute Gasteiger partial charge is 0.312 e. The summed E-state index contributed by atoms with van der Waals surface area (Å²) < 4.78 is 1.66. The van der Waals surface area contributed by atoms with Crippen molar-refractivity contribution in [3.63, 3.8) is 0 Å². The first-order chi connectivity index (χ1) is 13.2. The molecule has 1 aliphatic rings. The van der Waals surface area contributed by atoms with E-state index >= 15 is 0 Å². The number of pyridine rings is 1. The zero-order valence-electron chi connectivity index (χ0n) is 14.9. The van der Waals surface area contributed by atoms with Gasteiger partial charge in [0, 0.05) is 28.8 Å². The van der Waals surface area contributed by atoms with Gasteiger partial charge in [-0.05, 0) is 36.8 Å². The van der Waals surface area contributed by atoms with Crippen LogP contribution < -0.4 is 5.32 Å². The highest BCUT2D eigenvalue weighted by molar-refractivity contribution is 6.09. The molecule has 3 heterocycles. The number of benzene rings is 1. The van der Waals surface area contributed by atoms with Crippen LogP contribution in [0, 0.1) is 0 Å². The molecule has 2 N–H and O–H groups in total. The molecule has 3 aromatic heterocycles. The molecular formula is C20H19N5O2.